The smallest absolute Gasteiger partial charge is 0.310 e. The summed E-state index contributed by atoms with van der Waals surface area (Å²) in [6, 6.07) is 17.9. The van der Waals surface area contributed by atoms with Crippen molar-refractivity contribution in [2.24, 2.45) is 0 Å². The molecular formula is C31H39NO2. The number of aryl methyl sites for hydroxylation is 3. The Bertz CT molecular complexity index is 1110. The Morgan fingerprint density at radius 1 is 0.882 bits per heavy atom. The van der Waals surface area contributed by atoms with Crippen LogP contribution in [0.5, 0.6) is 0 Å². The number of nitrogens with zero attached hydrogens (tertiary/aromatic N) is 1. The van der Waals surface area contributed by atoms with Crippen molar-refractivity contribution in [1.29, 1.82) is 0 Å². The number of rotatable bonds is 10. The Morgan fingerprint density at radius 2 is 1.56 bits per heavy atom. The lowest BCUT2D eigenvalue weighted by Gasteiger charge is -2.34. The molecule has 0 saturated carbocycles. The molecule has 3 rings (SSSR count). The summed E-state index contributed by atoms with van der Waals surface area (Å²) in [5.41, 5.74) is 9.75. The molecule has 34 heavy (non-hydrogen) atoms. The van der Waals surface area contributed by atoms with Crippen LogP contribution in [-0.4, -0.2) is 17.6 Å². The number of esters is 1. The highest BCUT2D eigenvalue weighted by atomic mass is 16.5. The van der Waals surface area contributed by atoms with Crippen molar-refractivity contribution < 1.29 is 9.53 Å². The van der Waals surface area contributed by atoms with Gasteiger partial charge in [0.1, 0.15) is 0 Å². The number of hydrogen-bond donors (Lipinski definition) is 0. The predicted molar refractivity (Wildman–Crippen MR) is 141 cm³/mol. The van der Waals surface area contributed by atoms with Crippen LogP contribution in [0.2, 0.25) is 0 Å². The van der Waals surface area contributed by atoms with E-state index in [4.69, 9.17) is 4.74 Å². The van der Waals surface area contributed by atoms with Crippen molar-refractivity contribution in [3.8, 4) is 11.3 Å². The first-order valence-electron chi connectivity index (χ1n) is 12.7. The quantitative estimate of drug-likeness (QED) is 0.295. The van der Waals surface area contributed by atoms with Gasteiger partial charge in [0.2, 0.25) is 0 Å². The third-order valence-corrected chi connectivity index (χ3v) is 7.16. The number of pyridine rings is 1. The summed E-state index contributed by atoms with van der Waals surface area (Å²) in [6.07, 6.45) is 6.45. The van der Waals surface area contributed by atoms with Gasteiger partial charge in [0.25, 0.3) is 0 Å². The summed E-state index contributed by atoms with van der Waals surface area (Å²) in [7, 11) is 0. The van der Waals surface area contributed by atoms with E-state index >= 15 is 0 Å². The van der Waals surface area contributed by atoms with E-state index < -0.39 is 0 Å². The van der Waals surface area contributed by atoms with Crippen molar-refractivity contribution in [3.05, 3.63) is 88.1 Å². The minimum absolute atomic E-state index is 0.00425. The van der Waals surface area contributed by atoms with Crippen LogP contribution >= 0.6 is 0 Å². The lowest BCUT2D eigenvalue weighted by atomic mass is 9.69. The van der Waals surface area contributed by atoms with E-state index in [1.807, 2.05) is 19.1 Å². The van der Waals surface area contributed by atoms with Crippen molar-refractivity contribution in [2.45, 2.75) is 79.1 Å². The lowest BCUT2D eigenvalue weighted by Crippen LogP contribution is -2.26. The molecule has 1 heterocycles. The zero-order chi connectivity index (χ0) is 24.7. The normalized spacial score (nSPS) is 11.5. The average Bonchev–Trinajstić information content (AvgIpc) is 2.83. The second-order valence-corrected chi connectivity index (χ2v) is 9.24. The number of benzene rings is 2. The van der Waals surface area contributed by atoms with E-state index in [1.165, 1.54) is 34.2 Å². The fourth-order valence-corrected chi connectivity index (χ4v) is 5.09. The van der Waals surface area contributed by atoms with Crippen molar-refractivity contribution in [1.82, 2.24) is 4.98 Å². The van der Waals surface area contributed by atoms with Crippen LogP contribution < -0.4 is 0 Å². The van der Waals surface area contributed by atoms with Crippen LogP contribution in [0.4, 0.5) is 0 Å². The maximum Gasteiger partial charge on any atom is 0.310 e. The molecule has 0 spiro atoms. The van der Waals surface area contributed by atoms with Gasteiger partial charge in [-0.2, -0.15) is 0 Å². The Balaban J connectivity index is 1.93. The monoisotopic (exact) mass is 457 g/mol. The molecule has 3 aromatic rings. The minimum atomic E-state index is -0.217. The minimum Gasteiger partial charge on any atom is -0.466 e. The maximum atomic E-state index is 11.7. The first kappa shape index (κ1) is 25.7. The summed E-state index contributed by atoms with van der Waals surface area (Å²) in [4.78, 5) is 16.4. The van der Waals surface area contributed by atoms with Crippen LogP contribution in [0.15, 0.2) is 54.7 Å². The highest BCUT2D eigenvalue weighted by Gasteiger charge is 2.31. The van der Waals surface area contributed by atoms with Gasteiger partial charge >= 0.3 is 5.97 Å². The first-order chi connectivity index (χ1) is 16.4. The molecule has 180 valence electrons. The first-order valence-corrected chi connectivity index (χ1v) is 12.7. The molecule has 0 N–H and O–H groups in total. The van der Waals surface area contributed by atoms with E-state index in [0.29, 0.717) is 6.61 Å². The molecule has 0 bridgehead atoms. The van der Waals surface area contributed by atoms with Crippen LogP contribution in [0.1, 0.15) is 80.3 Å². The largest absolute Gasteiger partial charge is 0.466 e. The van der Waals surface area contributed by atoms with E-state index in [9.17, 15) is 4.79 Å². The number of aromatic nitrogens is 1. The van der Waals surface area contributed by atoms with Crippen LogP contribution in [0, 0.1) is 13.8 Å². The van der Waals surface area contributed by atoms with E-state index in [0.717, 1.165) is 36.1 Å². The number of carbonyl (C=O) groups excluding carboxylic acids is 1. The molecule has 3 nitrogen and oxygen atoms in total. The molecule has 0 aliphatic carbocycles. The molecule has 1 aromatic heterocycles. The van der Waals surface area contributed by atoms with E-state index in [1.54, 1.807) is 6.20 Å². The maximum absolute atomic E-state index is 11.7. The van der Waals surface area contributed by atoms with Crippen molar-refractivity contribution in [2.75, 3.05) is 6.61 Å². The predicted octanol–water partition coefficient (Wildman–Crippen LogP) is 7.53. The zero-order valence-corrected chi connectivity index (χ0v) is 21.7. The highest BCUT2D eigenvalue weighted by Crippen LogP contribution is 2.41. The summed E-state index contributed by atoms with van der Waals surface area (Å²) < 4.78 is 5.04. The number of hydrogen-bond acceptors (Lipinski definition) is 3. The standard InChI is InChI=1S/C31H39NO2/c1-7-11-25-13-14-26(18-22(25)5)31(8-2,9-3)27-15-16-28(23(6)19-27)29-17-12-24(21-32-29)20-30(33)34-10-4/h12-19,21H,7-11,20H2,1-6H3. The fraction of sp³-hybridized carbons (Fsp3) is 0.419. The van der Waals surface area contributed by atoms with Gasteiger partial charge in [-0.25, -0.2) is 0 Å². The van der Waals surface area contributed by atoms with Gasteiger partial charge < -0.3 is 4.74 Å². The van der Waals surface area contributed by atoms with Gasteiger partial charge in [0.05, 0.1) is 18.7 Å². The fourth-order valence-electron chi connectivity index (χ4n) is 5.09. The highest BCUT2D eigenvalue weighted by molar-refractivity contribution is 5.73. The summed E-state index contributed by atoms with van der Waals surface area (Å²) in [5, 5.41) is 0. The summed E-state index contributed by atoms with van der Waals surface area (Å²) in [6.45, 7) is 13.5. The third kappa shape index (κ3) is 5.41. The topological polar surface area (TPSA) is 39.2 Å². The number of ether oxygens (including phenoxy) is 1. The van der Waals surface area contributed by atoms with Crippen LogP contribution in [0.25, 0.3) is 11.3 Å². The van der Waals surface area contributed by atoms with Gasteiger partial charge in [-0.1, -0.05) is 69.7 Å². The Hall–Kier alpha value is -2.94. The number of carbonyl (C=O) groups is 1. The SMILES string of the molecule is CCCc1ccc(C(CC)(CC)c2ccc(-c3ccc(CC(=O)OCC)cn3)c(C)c2)cc1C. The van der Waals surface area contributed by atoms with E-state index in [-0.39, 0.29) is 17.8 Å². The van der Waals surface area contributed by atoms with Gasteiger partial charge in [-0.15, -0.1) is 0 Å². The van der Waals surface area contributed by atoms with Crippen LogP contribution in [-0.2, 0) is 27.8 Å². The molecular weight excluding hydrogens is 418 g/mol. The lowest BCUT2D eigenvalue weighted by molar-refractivity contribution is -0.142. The van der Waals surface area contributed by atoms with E-state index in [2.05, 4.69) is 76.0 Å². The molecule has 0 amide bonds. The molecule has 2 aromatic carbocycles. The molecule has 0 radical (unpaired) electrons. The van der Waals surface area contributed by atoms with Gasteiger partial charge in [0.15, 0.2) is 0 Å². The molecule has 0 atom stereocenters. The molecule has 0 saturated heterocycles. The van der Waals surface area contributed by atoms with Gasteiger partial charge in [-0.3, -0.25) is 9.78 Å². The summed E-state index contributed by atoms with van der Waals surface area (Å²) in [5.74, 6) is -0.217. The van der Waals surface area contributed by atoms with Crippen LogP contribution in [0.3, 0.4) is 0 Å². The molecule has 3 heteroatoms. The Morgan fingerprint density at radius 3 is 2.09 bits per heavy atom. The molecule has 0 aliphatic heterocycles. The average molecular weight is 458 g/mol. The van der Waals surface area contributed by atoms with Crippen molar-refractivity contribution >= 4 is 5.97 Å². The second-order valence-electron chi connectivity index (χ2n) is 9.24. The molecule has 0 aliphatic rings. The molecule has 0 fully saturated rings. The van der Waals surface area contributed by atoms with Crippen molar-refractivity contribution in [3.63, 3.8) is 0 Å². The Kier molecular flexibility index (Phi) is 8.66. The molecule has 0 unspecified atom stereocenters. The third-order valence-electron chi connectivity index (χ3n) is 7.16. The van der Waals surface area contributed by atoms with Gasteiger partial charge in [-0.05, 0) is 79.5 Å². The second kappa shape index (κ2) is 11.5. The Labute approximate surface area is 205 Å². The summed E-state index contributed by atoms with van der Waals surface area (Å²) >= 11 is 0. The van der Waals surface area contributed by atoms with Gasteiger partial charge in [0, 0.05) is 17.2 Å². The zero-order valence-electron chi connectivity index (χ0n) is 21.7.